The zero-order valence-electron chi connectivity index (χ0n) is 10.1. The van der Waals surface area contributed by atoms with Gasteiger partial charge in [0.1, 0.15) is 0 Å². The van der Waals surface area contributed by atoms with Gasteiger partial charge in [0.2, 0.25) is 5.69 Å². The van der Waals surface area contributed by atoms with Gasteiger partial charge in [0.25, 0.3) is 0 Å². The van der Waals surface area contributed by atoms with E-state index in [1.165, 1.54) is 16.8 Å². The SMILES string of the molecule is Cc1cc[n+](-c2ccccc2C(C)C)cc1. The van der Waals surface area contributed by atoms with Crippen LogP contribution in [0, 0.1) is 6.92 Å². The van der Waals surface area contributed by atoms with Gasteiger partial charge in [-0.05, 0) is 18.4 Å². The predicted octanol–water partition coefficient (Wildman–Crippen LogP) is 3.40. The lowest BCUT2D eigenvalue weighted by Crippen LogP contribution is -2.31. The number of hydrogen-bond acceptors (Lipinski definition) is 0. The minimum absolute atomic E-state index is 0.546. The highest BCUT2D eigenvalue weighted by Gasteiger charge is 2.13. The third-order valence-electron chi connectivity index (χ3n) is 2.83. The largest absolute Gasteiger partial charge is 0.214 e. The molecular formula is C15H18N+. The van der Waals surface area contributed by atoms with Crippen molar-refractivity contribution in [2.75, 3.05) is 0 Å². The summed E-state index contributed by atoms with van der Waals surface area (Å²) >= 11 is 0. The Morgan fingerprint density at radius 2 is 1.56 bits per heavy atom. The van der Waals surface area contributed by atoms with Crippen LogP contribution in [-0.4, -0.2) is 0 Å². The second-order valence-corrected chi connectivity index (χ2v) is 4.50. The third kappa shape index (κ3) is 2.13. The van der Waals surface area contributed by atoms with Gasteiger partial charge in [-0.15, -0.1) is 0 Å². The Hall–Kier alpha value is -1.63. The van der Waals surface area contributed by atoms with Crippen LogP contribution in [0.15, 0.2) is 48.8 Å². The summed E-state index contributed by atoms with van der Waals surface area (Å²) < 4.78 is 2.18. The standard InChI is InChI=1S/C15H18N/c1-12(2)14-6-4-5-7-15(14)16-10-8-13(3)9-11-16/h4-12H,1-3H3/q+1. The molecule has 1 aromatic heterocycles. The molecule has 0 saturated heterocycles. The maximum Gasteiger partial charge on any atom is 0.214 e. The van der Waals surface area contributed by atoms with E-state index in [1.54, 1.807) is 0 Å². The molecule has 16 heavy (non-hydrogen) atoms. The van der Waals surface area contributed by atoms with Crippen LogP contribution in [0.3, 0.4) is 0 Å². The number of nitrogens with zero attached hydrogens (tertiary/aromatic N) is 1. The molecule has 2 rings (SSSR count). The zero-order chi connectivity index (χ0) is 11.5. The Morgan fingerprint density at radius 1 is 0.938 bits per heavy atom. The molecule has 0 bridgehead atoms. The summed E-state index contributed by atoms with van der Waals surface area (Å²) in [6.45, 7) is 6.57. The molecule has 1 aromatic carbocycles. The maximum absolute atomic E-state index is 2.23. The van der Waals surface area contributed by atoms with Gasteiger partial charge in [-0.2, -0.15) is 4.57 Å². The fourth-order valence-electron chi connectivity index (χ4n) is 1.87. The molecule has 1 heterocycles. The molecule has 1 heteroatoms. The van der Waals surface area contributed by atoms with Crippen molar-refractivity contribution < 1.29 is 4.57 Å². The third-order valence-corrected chi connectivity index (χ3v) is 2.83. The second kappa shape index (κ2) is 4.48. The summed E-state index contributed by atoms with van der Waals surface area (Å²) in [4.78, 5) is 0. The van der Waals surface area contributed by atoms with Crippen LogP contribution in [0.25, 0.3) is 5.69 Å². The Bertz CT molecular complexity index is 469. The average Bonchev–Trinajstić information content (AvgIpc) is 2.30. The molecular weight excluding hydrogens is 194 g/mol. The van der Waals surface area contributed by atoms with E-state index in [0.29, 0.717) is 5.92 Å². The van der Waals surface area contributed by atoms with Crippen LogP contribution < -0.4 is 4.57 Å². The van der Waals surface area contributed by atoms with Crippen LogP contribution in [0.2, 0.25) is 0 Å². The Kier molecular flexibility index (Phi) is 3.04. The number of hydrogen-bond donors (Lipinski definition) is 0. The van der Waals surface area contributed by atoms with Crippen molar-refractivity contribution in [1.82, 2.24) is 0 Å². The van der Waals surface area contributed by atoms with E-state index in [0.717, 1.165) is 0 Å². The first-order chi connectivity index (χ1) is 7.68. The van der Waals surface area contributed by atoms with Gasteiger partial charge in [0, 0.05) is 23.8 Å². The lowest BCUT2D eigenvalue weighted by molar-refractivity contribution is -0.596. The molecule has 0 aliphatic carbocycles. The summed E-state index contributed by atoms with van der Waals surface area (Å²) in [5.74, 6) is 0.546. The predicted molar refractivity (Wildman–Crippen MR) is 66.8 cm³/mol. The number of aryl methyl sites for hydroxylation is 1. The minimum atomic E-state index is 0.546. The van der Waals surface area contributed by atoms with Gasteiger partial charge >= 0.3 is 0 Å². The summed E-state index contributed by atoms with van der Waals surface area (Å²) in [6, 6.07) is 12.8. The first kappa shape index (κ1) is 10.9. The molecule has 2 aromatic rings. The summed E-state index contributed by atoms with van der Waals surface area (Å²) in [7, 11) is 0. The fourth-order valence-corrected chi connectivity index (χ4v) is 1.87. The van der Waals surface area contributed by atoms with Crippen LogP contribution >= 0.6 is 0 Å². The fraction of sp³-hybridized carbons (Fsp3) is 0.267. The van der Waals surface area contributed by atoms with Crippen molar-refractivity contribution in [1.29, 1.82) is 0 Å². The van der Waals surface area contributed by atoms with Gasteiger partial charge in [-0.25, -0.2) is 0 Å². The number of benzene rings is 1. The lowest BCUT2D eigenvalue weighted by Gasteiger charge is -2.07. The molecule has 0 unspecified atom stereocenters. The van der Waals surface area contributed by atoms with E-state index in [1.807, 2.05) is 0 Å². The topological polar surface area (TPSA) is 3.88 Å². The molecule has 0 atom stereocenters. The van der Waals surface area contributed by atoms with E-state index in [2.05, 4.69) is 74.1 Å². The van der Waals surface area contributed by atoms with E-state index in [9.17, 15) is 0 Å². The molecule has 0 aliphatic rings. The van der Waals surface area contributed by atoms with Crippen molar-refractivity contribution in [3.05, 3.63) is 59.9 Å². The molecule has 0 N–H and O–H groups in total. The van der Waals surface area contributed by atoms with Crippen LogP contribution in [0.5, 0.6) is 0 Å². The first-order valence-corrected chi connectivity index (χ1v) is 5.75. The Morgan fingerprint density at radius 3 is 2.19 bits per heavy atom. The normalized spacial score (nSPS) is 10.8. The Balaban J connectivity index is 2.51. The van der Waals surface area contributed by atoms with E-state index < -0.39 is 0 Å². The van der Waals surface area contributed by atoms with E-state index in [-0.39, 0.29) is 0 Å². The molecule has 0 aliphatic heterocycles. The van der Waals surface area contributed by atoms with Crippen molar-refractivity contribution >= 4 is 0 Å². The molecule has 0 radical (unpaired) electrons. The van der Waals surface area contributed by atoms with Gasteiger partial charge < -0.3 is 0 Å². The average molecular weight is 212 g/mol. The van der Waals surface area contributed by atoms with Crippen molar-refractivity contribution in [2.45, 2.75) is 26.7 Å². The van der Waals surface area contributed by atoms with E-state index >= 15 is 0 Å². The molecule has 82 valence electrons. The molecule has 0 fully saturated rings. The second-order valence-electron chi connectivity index (χ2n) is 4.50. The highest BCUT2D eigenvalue weighted by molar-refractivity contribution is 5.35. The van der Waals surface area contributed by atoms with Gasteiger partial charge in [0.15, 0.2) is 12.4 Å². The molecule has 1 nitrogen and oxygen atoms in total. The van der Waals surface area contributed by atoms with Gasteiger partial charge in [-0.1, -0.05) is 32.0 Å². The number of aromatic nitrogens is 1. The number of para-hydroxylation sites is 1. The Labute approximate surface area is 97.4 Å². The van der Waals surface area contributed by atoms with Crippen LogP contribution in [0.4, 0.5) is 0 Å². The number of pyridine rings is 1. The quantitative estimate of drug-likeness (QED) is 0.672. The smallest absolute Gasteiger partial charge is 0.167 e. The number of rotatable bonds is 2. The van der Waals surface area contributed by atoms with Crippen molar-refractivity contribution in [2.24, 2.45) is 0 Å². The van der Waals surface area contributed by atoms with Crippen LogP contribution in [0.1, 0.15) is 30.9 Å². The van der Waals surface area contributed by atoms with Crippen LogP contribution in [-0.2, 0) is 0 Å². The summed E-state index contributed by atoms with van der Waals surface area (Å²) in [5.41, 5.74) is 3.95. The zero-order valence-corrected chi connectivity index (χ0v) is 10.1. The summed E-state index contributed by atoms with van der Waals surface area (Å²) in [5, 5.41) is 0. The first-order valence-electron chi connectivity index (χ1n) is 5.75. The highest BCUT2D eigenvalue weighted by Crippen LogP contribution is 2.18. The van der Waals surface area contributed by atoms with Crippen molar-refractivity contribution in [3.8, 4) is 5.69 Å². The van der Waals surface area contributed by atoms with Gasteiger partial charge in [-0.3, -0.25) is 0 Å². The molecule has 0 amide bonds. The maximum atomic E-state index is 2.23. The monoisotopic (exact) mass is 212 g/mol. The summed E-state index contributed by atoms with van der Waals surface area (Å²) in [6.07, 6.45) is 4.24. The highest BCUT2D eigenvalue weighted by atomic mass is 14.9. The minimum Gasteiger partial charge on any atom is -0.167 e. The van der Waals surface area contributed by atoms with Crippen molar-refractivity contribution in [3.63, 3.8) is 0 Å². The molecule has 0 spiro atoms. The molecule has 0 saturated carbocycles. The van der Waals surface area contributed by atoms with Gasteiger partial charge in [0.05, 0.1) is 0 Å². The lowest BCUT2D eigenvalue weighted by atomic mass is 10.0. The van der Waals surface area contributed by atoms with E-state index in [4.69, 9.17) is 0 Å².